The normalized spacial score (nSPS) is 13.9. The van der Waals surface area contributed by atoms with Crippen molar-refractivity contribution in [3.8, 4) is 0 Å². The first kappa shape index (κ1) is 17.1. The molecule has 112 valence electrons. The summed E-state index contributed by atoms with van der Waals surface area (Å²) in [5.74, 6) is 0.105. The van der Waals surface area contributed by atoms with E-state index < -0.39 is 0 Å². The molecule has 1 unspecified atom stereocenters. The summed E-state index contributed by atoms with van der Waals surface area (Å²) in [6.45, 7) is 12.7. The van der Waals surface area contributed by atoms with Gasteiger partial charge in [-0.2, -0.15) is 0 Å². The predicted molar refractivity (Wildman–Crippen MR) is 88.1 cm³/mol. The minimum atomic E-state index is -0.180. The lowest BCUT2D eigenvalue weighted by molar-refractivity contribution is -0.122. The monoisotopic (exact) mass is 293 g/mol. The van der Waals surface area contributed by atoms with Crippen LogP contribution in [0.15, 0.2) is 35.2 Å². The molecule has 3 heteroatoms. The van der Waals surface area contributed by atoms with Gasteiger partial charge in [0.05, 0.1) is 5.25 Å². The molecular weight excluding hydrogens is 266 g/mol. The maximum absolute atomic E-state index is 12.3. The highest BCUT2D eigenvalue weighted by Crippen LogP contribution is 2.28. The zero-order valence-corrected chi connectivity index (χ0v) is 14.3. The van der Waals surface area contributed by atoms with Gasteiger partial charge in [-0.15, -0.1) is 11.8 Å². The van der Waals surface area contributed by atoms with Crippen molar-refractivity contribution < 1.29 is 4.79 Å². The van der Waals surface area contributed by atoms with Crippen LogP contribution in [0.2, 0.25) is 0 Å². The average Bonchev–Trinajstić information content (AvgIpc) is 2.26. The second-order valence-electron chi connectivity index (χ2n) is 7.18. The molecule has 0 aliphatic carbocycles. The Kier molecular flexibility index (Phi) is 5.69. The van der Waals surface area contributed by atoms with Crippen LogP contribution in [0, 0.1) is 5.41 Å². The predicted octanol–water partition coefficient (Wildman–Crippen LogP) is 4.50. The van der Waals surface area contributed by atoms with Crippen molar-refractivity contribution in [2.75, 3.05) is 0 Å². The third kappa shape index (κ3) is 6.47. The summed E-state index contributed by atoms with van der Waals surface area (Å²) >= 11 is 1.60. The Balaban J connectivity index is 2.57. The van der Waals surface area contributed by atoms with Crippen LogP contribution in [0.1, 0.15) is 48.0 Å². The fourth-order valence-corrected chi connectivity index (χ4v) is 3.45. The molecule has 0 heterocycles. The molecule has 1 aromatic carbocycles. The van der Waals surface area contributed by atoms with E-state index in [1.807, 2.05) is 37.3 Å². The van der Waals surface area contributed by atoms with Gasteiger partial charge in [-0.05, 0) is 44.7 Å². The molecule has 0 aliphatic heterocycles. The molecule has 1 aromatic rings. The minimum Gasteiger partial charge on any atom is -0.350 e. The summed E-state index contributed by atoms with van der Waals surface area (Å²) in [4.78, 5) is 13.4. The van der Waals surface area contributed by atoms with E-state index >= 15 is 0 Å². The number of hydrogen-bond acceptors (Lipinski definition) is 2. The van der Waals surface area contributed by atoms with Crippen molar-refractivity contribution in [1.82, 2.24) is 5.32 Å². The Morgan fingerprint density at radius 1 is 1.15 bits per heavy atom. The first-order valence-corrected chi connectivity index (χ1v) is 8.01. The van der Waals surface area contributed by atoms with Crippen molar-refractivity contribution in [3.63, 3.8) is 0 Å². The number of rotatable bonds is 5. The Morgan fingerprint density at radius 2 is 1.70 bits per heavy atom. The summed E-state index contributed by atoms with van der Waals surface area (Å²) in [7, 11) is 0. The first-order valence-electron chi connectivity index (χ1n) is 7.13. The molecule has 0 aliphatic rings. The molecule has 0 radical (unpaired) electrons. The molecule has 1 rings (SSSR count). The van der Waals surface area contributed by atoms with Crippen LogP contribution in [-0.4, -0.2) is 16.7 Å². The molecule has 20 heavy (non-hydrogen) atoms. The number of benzene rings is 1. The standard InChI is InChI=1S/C17H27NOS/c1-13(20-14-10-8-7-9-11-14)15(19)18-17(5,6)12-16(2,3)4/h7-11,13H,12H2,1-6H3,(H,18,19). The van der Waals surface area contributed by atoms with Gasteiger partial charge in [-0.25, -0.2) is 0 Å². The minimum absolute atomic E-state index is 0.0864. The topological polar surface area (TPSA) is 29.1 Å². The van der Waals surface area contributed by atoms with Gasteiger partial charge in [0, 0.05) is 10.4 Å². The van der Waals surface area contributed by atoms with E-state index in [0.29, 0.717) is 0 Å². The maximum atomic E-state index is 12.3. The van der Waals surface area contributed by atoms with Gasteiger partial charge in [0.1, 0.15) is 0 Å². The van der Waals surface area contributed by atoms with Crippen LogP contribution in [0.4, 0.5) is 0 Å². The third-order valence-corrected chi connectivity index (χ3v) is 3.97. The van der Waals surface area contributed by atoms with Gasteiger partial charge < -0.3 is 5.32 Å². The molecule has 0 saturated carbocycles. The lowest BCUT2D eigenvalue weighted by Gasteiger charge is -2.34. The van der Waals surface area contributed by atoms with Crippen LogP contribution in [0.5, 0.6) is 0 Å². The van der Waals surface area contributed by atoms with Crippen LogP contribution in [-0.2, 0) is 4.79 Å². The SMILES string of the molecule is CC(Sc1ccccc1)C(=O)NC(C)(C)CC(C)(C)C. The molecule has 0 saturated heterocycles. The summed E-state index contributed by atoms with van der Waals surface area (Å²) in [6.07, 6.45) is 0.953. The van der Waals surface area contributed by atoms with E-state index in [2.05, 4.69) is 39.9 Å². The van der Waals surface area contributed by atoms with Crippen molar-refractivity contribution in [2.45, 2.75) is 63.6 Å². The second-order valence-corrected chi connectivity index (χ2v) is 8.60. The largest absolute Gasteiger partial charge is 0.350 e. The smallest absolute Gasteiger partial charge is 0.233 e. The van der Waals surface area contributed by atoms with E-state index in [1.165, 1.54) is 0 Å². The molecule has 2 nitrogen and oxygen atoms in total. The van der Waals surface area contributed by atoms with Crippen LogP contribution >= 0.6 is 11.8 Å². The Hall–Kier alpha value is -0.960. The van der Waals surface area contributed by atoms with Crippen molar-refractivity contribution in [2.24, 2.45) is 5.41 Å². The van der Waals surface area contributed by atoms with E-state index in [4.69, 9.17) is 0 Å². The third-order valence-electron chi connectivity index (χ3n) is 2.86. The molecule has 1 amide bonds. The number of carbonyl (C=O) groups excluding carboxylic acids is 1. The van der Waals surface area contributed by atoms with Gasteiger partial charge in [0.15, 0.2) is 0 Å². The van der Waals surface area contributed by atoms with Crippen molar-refractivity contribution in [3.05, 3.63) is 30.3 Å². The molecule has 0 spiro atoms. The van der Waals surface area contributed by atoms with E-state index in [0.717, 1.165) is 11.3 Å². The average molecular weight is 293 g/mol. The number of hydrogen-bond donors (Lipinski definition) is 1. The zero-order valence-electron chi connectivity index (χ0n) is 13.5. The van der Waals surface area contributed by atoms with Gasteiger partial charge in [0.2, 0.25) is 5.91 Å². The number of nitrogens with one attached hydrogen (secondary N) is 1. The van der Waals surface area contributed by atoms with Crippen LogP contribution in [0.25, 0.3) is 0 Å². The highest BCUT2D eigenvalue weighted by atomic mass is 32.2. The quantitative estimate of drug-likeness (QED) is 0.810. The van der Waals surface area contributed by atoms with Gasteiger partial charge in [0.25, 0.3) is 0 Å². The first-order chi connectivity index (χ1) is 9.09. The molecule has 0 aromatic heterocycles. The Labute approximate surface area is 127 Å². The highest BCUT2D eigenvalue weighted by molar-refractivity contribution is 8.00. The lowest BCUT2D eigenvalue weighted by Crippen LogP contribution is -2.48. The van der Waals surface area contributed by atoms with Crippen LogP contribution in [0.3, 0.4) is 0 Å². The maximum Gasteiger partial charge on any atom is 0.233 e. The molecular formula is C17H27NOS. The summed E-state index contributed by atoms with van der Waals surface area (Å²) < 4.78 is 0. The fraction of sp³-hybridized carbons (Fsp3) is 0.588. The number of amides is 1. The number of thioether (sulfide) groups is 1. The highest BCUT2D eigenvalue weighted by Gasteiger charge is 2.28. The van der Waals surface area contributed by atoms with Gasteiger partial charge >= 0.3 is 0 Å². The van der Waals surface area contributed by atoms with Gasteiger partial charge in [-0.1, -0.05) is 39.0 Å². The molecule has 0 bridgehead atoms. The Morgan fingerprint density at radius 3 is 2.20 bits per heavy atom. The lowest BCUT2D eigenvalue weighted by atomic mass is 9.82. The summed E-state index contributed by atoms with van der Waals surface area (Å²) in [5, 5.41) is 3.09. The number of carbonyl (C=O) groups is 1. The van der Waals surface area contributed by atoms with Crippen LogP contribution < -0.4 is 5.32 Å². The molecule has 0 fully saturated rings. The Bertz CT molecular complexity index is 434. The second kappa shape index (κ2) is 6.66. The van der Waals surface area contributed by atoms with E-state index in [1.54, 1.807) is 11.8 Å². The summed E-state index contributed by atoms with van der Waals surface area (Å²) in [5.41, 5.74) is 0.0213. The van der Waals surface area contributed by atoms with Crippen molar-refractivity contribution in [1.29, 1.82) is 0 Å². The van der Waals surface area contributed by atoms with Gasteiger partial charge in [-0.3, -0.25) is 4.79 Å². The van der Waals surface area contributed by atoms with Crippen molar-refractivity contribution >= 4 is 17.7 Å². The molecule has 1 N–H and O–H groups in total. The zero-order chi connectivity index (χ0) is 15.4. The fourth-order valence-electron chi connectivity index (χ4n) is 2.56. The van der Waals surface area contributed by atoms with E-state index in [9.17, 15) is 4.79 Å². The summed E-state index contributed by atoms with van der Waals surface area (Å²) in [6, 6.07) is 10.1. The molecule has 1 atom stereocenters. The van der Waals surface area contributed by atoms with E-state index in [-0.39, 0.29) is 22.1 Å².